The van der Waals surface area contributed by atoms with Crippen molar-refractivity contribution >= 4 is 0 Å². The van der Waals surface area contributed by atoms with Crippen LogP contribution in [0.3, 0.4) is 0 Å². The lowest BCUT2D eigenvalue weighted by molar-refractivity contribution is 0.0163. The van der Waals surface area contributed by atoms with E-state index in [2.05, 4.69) is 19.2 Å². The molecule has 3 nitrogen and oxygen atoms in total. The van der Waals surface area contributed by atoms with Crippen LogP contribution in [-0.2, 0) is 9.47 Å². The first-order valence-corrected chi connectivity index (χ1v) is 8.70. The molecule has 2 fully saturated rings. The summed E-state index contributed by atoms with van der Waals surface area (Å²) in [7, 11) is 0. The summed E-state index contributed by atoms with van der Waals surface area (Å²) in [5, 5.41) is 3.77. The van der Waals surface area contributed by atoms with Crippen molar-refractivity contribution in [2.24, 2.45) is 11.8 Å². The Hall–Kier alpha value is -0.120. The van der Waals surface area contributed by atoms with E-state index in [1.54, 1.807) is 0 Å². The van der Waals surface area contributed by atoms with Crippen LogP contribution in [0, 0.1) is 11.8 Å². The highest BCUT2D eigenvalue weighted by molar-refractivity contribution is 4.82. The maximum Gasteiger partial charge on any atom is 0.0809 e. The third-order valence-corrected chi connectivity index (χ3v) is 4.88. The van der Waals surface area contributed by atoms with E-state index in [1.165, 1.54) is 38.5 Å². The first-order valence-electron chi connectivity index (χ1n) is 8.70. The predicted octanol–water partition coefficient (Wildman–Crippen LogP) is 3.38. The van der Waals surface area contributed by atoms with Gasteiger partial charge in [0.25, 0.3) is 0 Å². The van der Waals surface area contributed by atoms with E-state index in [0.717, 1.165) is 50.7 Å². The minimum atomic E-state index is 0.367. The summed E-state index contributed by atoms with van der Waals surface area (Å²) in [5.41, 5.74) is 0. The smallest absolute Gasteiger partial charge is 0.0809 e. The molecule has 0 bridgehead atoms. The van der Waals surface area contributed by atoms with Gasteiger partial charge in [0, 0.05) is 19.3 Å². The molecule has 0 aromatic carbocycles. The third kappa shape index (κ3) is 5.34. The zero-order valence-electron chi connectivity index (χ0n) is 13.4. The molecule has 0 spiro atoms. The Morgan fingerprint density at radius 1 is 1.15 bits per heavy atom. The van der Waals surface area contributed by atoms with Crippen LogP contribution in [0.1, 0.15) is 58.8 Å². The van der Waals surface area contributed by atoms with Crippen LogP contribution in [0.5, 0.6) is 0 Å². The fourth-order valence-corrected chi connectivity index (χ4v) is 3.66. The molecule has 0 amide bonds. The lowest BCUT2D eigenvalue weighted by Gasteiger charge is -2.35. The zero-order valence-corrected chi connectivity index (χ0v) is 13.4. The van der Waals surface area contributed by atoms with E-state index in [1.807, 2.05) is 0 Å². The molecule has 118 valence electrons. The van der Waals surface area contributed by atoms with Gasteiger partial charge in [0.05, 0.1) is 12.7 Å². The van der Waals surface area contributed by atoms with Crippen molar-refractivity contribution < 1.29 is 9.47 Å². The van der Waals surface area contributed by atoms with Crippen molar-refractivity contribution in [1.82, 2.24) is 5.32 Å². The summed E-state index contributed by atoms with van der Waals surface area (Å²) in [4.78, 5) is 0. The molecule has 3 heteroatoms. The van der Waals surface area contributed by atoms with Crippen LogP contribution in [0.2, 0.25) is 0 Å². The van der Waals surface area contributed by atoms with Crippen LogP contribution >= 0.6 is 0 Å². The number of ether oxygens (including phenoxy) is 2. The molecule has 0 aromatic rings. The second-order valence-electron chi connectivity index (χ2n) is 6.82. The van der Waals surface area contributed by atoms with Gasteiger partial charge in [0.1, 0.15) is 0 Å². The van der Waals surface area contributed by atoms with Crippen molar-refractivity contribution in [3.05, 3.63) is 0 Å². The quantitative estimate of drug-likeness (QED) is 0.693. The molecule has 1 saturated carbocycles. The number of rotatable bonds is 8. The molecular weight excluding hydrogens is 250 g/mol. The average Bonchev–Trinajstić information content (AvgIpc) is 2.96. The molecule has 0 radical (unpaired) electrons. The molecule has 1 aliphatic heterocycles. The standard InChI is InChI=1S/C17H33NO2/c1-14(2)16-8-3-4-9-17(16)18-10-6-11-19-13-15-7-5-12-20-15/h14-18H,3-13H2,1-2H3. The van der Waals surface area contributed by atoms with Crippen molar-refractivity contribution in [2.75, 3.05) is 26.4 Å². The van der Waals surface area contributed by atoms with Gasteiger partial charge in [-0.05, 0) is 50.5 Å². The van der Waals surface area contributed by atoms with Gasteiger partial charge in [0.15, 0.2) is 0 Å². The Balaban J connectivity index is 1.51. The van der Waals surface area contributed by atoms with Gasteiger partial charge in [-0.25, -0.2) is 0 Å². The van der Waals surface area contributed by atoms with Gasteiger partial charge in [-0.2, -0.15) is 0 Å². The summed E-state index contributed by atoms with van der Waals surface area (Å²) in [6.07, 6.45) is 9.46. The van der Waals surface area contributed by atoms with Gasteiger partial charge in [-0.15, -0.1) is 0 Å². The van der Waals surface area contributed by atoms with Crippen molar-refractivity contribution in [3.8, 4) is 0 Å². The van der Waals surface area contributed by atoms with Gasteiger partial charge >= 0.3 is 0 Å². The van der Waals surface area contributed by atoms with Gasteiger partial charge in [0.2, 0.25) is 0 Å². The molecule has 3 atom stereocenters. The monoisotopic (exact) mass is 283 g/mol. The fourth-order valence-electron chi connectivity index (χ4n) is 3.66. The SMILES string of the molecule is CC(C)C1CCCCC1NCCCOCC1CCCO1. The van der Waals surface area contributed by atoms with Crippen LogP contribution in [0.25, 0.3) is 0 Å². The maximum atomic E-state index is 5.72. The highest BCUT2D eigenvalue weighted by Crippen LogP contribution is 2.30. The average molecular weight is 283 g/mol. The number of nitrogens with one attached hydrogen (secondary N) is 1. The second-order valence-corrected chi connectivity index (χ2v) is 6.82. The Labute approximate surface area is 124 Å². The highest BCUT2D eigenvalue weighted by atomic mass is 16.5. The fraction of sp³-hybridized carbons (Fsp3) is 1.00. The second kappa shape index (κ2) is 9.01. The summed E-state index contributed by atoms with van der Waals surface area (Å²) in [6.45, 7) is 8.42. The van der Waals surface area contributed by atoms with Gasteiger partial charge < -0.3 is 14.8 Å². The van der Waals surface area contributed by atoms with Crippen molar-refractivity contribution in [2.45, 2.75) is 70.9 Å². The molecule has 0 aromatic heterocycles. The Kier molecular flexibility index (Phi) is 7.32. The van der Waals surface area contributed by atoms with Gasteiger partial charge in [-0.3, -0.25) is 0 Å². The first-order chi connectivity index (χ1) is 9.77. The van der Waals surface area contributed by atoms with Crippen molar-refractivity contribution in [3.63, 3.8) is 0 Å². The lowest BCUT2D eigenvalue weighted by atomic mass is 9.78. The van der Waals surface area contributed by atoms with E-state index in [0.29, 0.717) is 6.10 Å². The van der Waals surface area contributed by atoms with Crippen LogP contribution in [0.15, 0.2) is 0 Å². The Morgan fingerprint density at radius 2 is 2.00 bits per heavy atom. The maximum absolute atomic E-state index is 5.72. The number of hydrogen-bond donors (Lipinski definition) is 1. The Bertz CT molecular complexity index is 251. The van der Waals surface area contributed by atoms with E-state index in [9.17, 15) is 0 Å². The topological polar surface area (TPSA) is 30.5 Å². The lowest BCUT2D eigenvalue weighted by Crippen LogP contribution is -2.41. The summed E-state index contributed by atoms with van der Waals surface area (Å²) < 4.78 is 11.3. The van der Waals surface area contributed by atoms with E-state index < -0.39 is 0 Å². The van der Waals surface area contributed by atoms with E-state index in [4.69, 9.17) is 9.47 Å². The predicted molar refractivity (Wildman–Crippen MR) is 83.0 cm³/mol. The molecule has 1 N–H and O–H groups in total. The van der Waals surface area contributed by atoms with E-state index >= 15 is 0 Å². The molecule has 20 heavy (non-hydrogen) atoms. The molecular formula is C17H33NO2. The molecule has 3 unspecified atom stereocenters. The van der Waals surface area contributed by atoms with Crippen LogP contribution in [-0.4, -0.2) is 38.5 Å². The van der Waals surface area contributed by atoms with Crippen molar-refractivity contribution in [1.29, 1.82) is 0 Å². The molecule has 1 heterocycles. The summed E-state index contributed by atoms with van der Waals surface area (Å²) >= 11 is 0. The zero-order chi connectivity index (χ0) is 14.2. The van der Waals surface area contributed by atoms with Crippen LogP contribution in [0.4, 0.5) is 0 Å². The molecule has 2 aliphatic rings. The first kappa shape index (κ1) is 16.3. The highest BCUT2D eigenvalue weighted by Gasteiger charge is 2.26. The normalized spacial score (nSPS) is 31.1. The number of hydrogen-bond acceptors (Lipinski definition) is 3. The minimum absolute atomic E-state index is 0.367. The third-order valence-electron chi connectivity index (χ3n) is 4.88. The molecule has 1 saturated heterocycles. The largest absolute Gasteiger partial charge is 0.379 e. The van der Waals surface area contributed by atoms with Gasteiger partial charge in [-0.1, -0.05) is 26.7 Å². The minimum Gasteiger partial charge on any atom is -0.379 e. The summed E-state index contributed by atoms with van der Waals surface area (Å²) in [5.74, 6) is 1.68. The molecule has 1 aliphatic carbocycles. The summed E-state index contributed by atoms with van der Waals surface area (Å²) in [6, 6.07) is 0.738. The Morgan fingerprint density at radius 3 is 2.75 bits per heavy atom. The molecule has 2 rings (SSSR count). The van der Waals surface area contributed by atoms with E-state index in [-0.39, 0.29) is 0 Å². The van der Waals surface area contributed by atoms with Crippen LogP contribution < -0.4 is 5.32 Å².